The summed E-state index contributed by atoms with van der Waals surface area (Å²) in [5.41, 5.74) is 7.78. The minimum absolute atomic E-state index is 0. The lowest BCUT2D eigenvalue weighted by molar-refractivity contribution is -0.117. The molecule has 1 amide bonds. The second-order valence-corrected chi connectivity index (χ2v) is 6.65. The topological polar surface area (TPSA) is 74.5 Å². The van der Waals surface area contributed by atoms with E-state index in [1.807, 2.05) is 37.4 Å². The van der Waals surface area contributed by atoms with Crippen molar-refractivity contribution in [3.8, 4) is 0 Å². The molecule has 0 saturated carbocycles. The number of nitrogens with one attached hydrogen (secondary N) is 1. The number of anilines is 2. The number of nitrogens with zero attached hydrogens (tertiary/aromatic N) is 3. The molecule has 3 rings (SSSR count). The Morgan fingerprint density at radius 2 is 1.72 bits per heavy atom. The van der Waals surface area contributed by atoms with E-state index in [0.29, 0.717) is 6.42 Å². The molecule has 1 atom stereocenters. The zero-order valence-electron chi connectivity index (χ0n) is 16.5. The third-order valence-corrected chi connectivity index (χ3v) is 4.75. The molecule has 2 aromatic rings. The number of hydrogen-bond donors (Lipinski definition) is 2. The van der Waals surface area contributed by atoms with E-state index in [-0.39, 0.29) is 43.1 Å². The van der Waals surface area contributed by atoms with E-state index in [0.717, 1.165) is 44.2 Å². The minimum Gasteiger partial charge on any atom is -0.354 e. The van der Waals surface area contributed by atoms with Crippen molar-refractivity contribution in [2.45, 2.75) is 25.9 Å². The molecule has 1 aliphatic rings. The van der Waals surface area contributed by atoms with Crippen LogP contribution in [0, 0.1) is 0 Å². The lowest BCUT2D eigenvalue weighted by Crippen LogP contribution is -2.46. The van der Waals surface area contributed by atoms with Gasteiger partial charge in [-0.3, -0.25) is 9.69 Å². The SMILES string of the molecule is CC[C@H](N)C(=O)Nc1ccc(CN2CCN(c3ccccn3)CC2)cc1.Cl.Cl.Cl. The molecule has 2 heterocycles. The van der Waals surface area contributed by atoms with Crippen molar-refractivity contribution < 1.29 is 4.79 Å². The number of benzene rings is 1. The van der Waals surface area contributed by atoms with E-state index < -0.39 is 6.04 Å². The molecule has 0 unspecified atom stereocenters. The lowest BCUT2D eigenvalue weighted by atomic mass is 10.1. The van der Waals surface area contributed by atoms with Gasteiger partial charge in [0.1, 0.15) is 5.82 Å². The Kier molecular flexibility index (Phi) is 12.9. The van der Waals surface area contributed by atoms with Crippen LogP contribution in [0.4, 0.5) is 11.5 Å². The summed E-state index contributed by atoms with van der Waals surface area (Å²) in [6, 6.07) is 13.6. The van der Waals surface area contributed by atoms with Crippen LogP contribution in [0.2, 0.25) is 0 Å². The van der Waals surface area contributed by atoms with E-state index in [4.69, 9.17) is 5.73 Å². The molecule has 3 N–H and O–H groups in total. The highest BCUT2D eigenvalue weighted by Gasteiger charge is 2.18. The molecule has 0 aliphatic carbocycles. The molecule has 1 fully saturated rings. The second kappa shape index (κ2) is 13.6. The molecule has 1 aliphatic heterocycles. The van der Waals surface area contributed by atoms with E-state index in [9.17, 15) is 4.79 Å². The minimum atomic E-state index is -0.454. The van der Waals surface area contributed by atoms with Crippen molar-refractivity contribution in [3.63, 3.8) is 0 Å². The molecular weight excluding hydrogens is 433 g/mol. The zero-order chi connectivity index (χ0) is 18.4. The summed E-state index contributed by atoms with van der Waals surface area (Å²) in [7, 11) is 0. The molecule has 162 valence electrons. The average Bonchev–Trinajstić information content (AvgIpc) is 2.70. The number of nitrogens with two attached hydrogens (primary N) is 1. The van der Waals surface area contributed by atoms with Crippen LogP contribution >= 0.6 is 37.2 Å². The first kappa shape index (κ1) is 27.4. The van der Waals surface area contributed by atoms with Crippen LogP contribution in [0.5, 0.6) is 0 Å². The normalized spacial score (nSPS) is 14.6. The van der Waals surface area contributed by atoms with Gasteiger partial charge >= 0.3 is 0 Å². The van der Waals surface area contributed by atoms with Crippen molar-refractivity contribution >= 4 is 54.6 Å². The third kappa shape index (κ3) is 7.99. The highest BCUT2D eigenvalue weighted by molar-refractivity contribution is 5.94. The molecule has 29 heavy (non-hydrogen) atoms. The van der Waals surface area contributed by atoms with Crippen LogP contribution in [0.25, 0.3) is 0 Å². The summed E-state index contributed by atoms with van der Waals surface area (Å²) in [5, 5.41) is 2.86. The lowest BCUT2D eigenvalue weighted by Gasteiger charge is -2.35. The van der Waals surface area contributed by atoms with Gasteiger partial charge in [-0.1, -0.05) is 25.1 Å². The first-order valence-corrected chi connectivity index (χ1v) is 9.19. The molecule has 9 heteroatoms. The van der Waals surface area contributed by atoms with E-state index in [2.05, 4.69) is 38.3 Å². The van der Waals surface area contributed by atoms with Gasteiger partial charge in [-0.25, -0.2) is 4.98 Å². The standard InChI is InChI=1S/C20H27N5O.3ClH/c1-2-18(21)20(26)23-17-8-6-16(7-9-17)15-24-11-13-25(14-12-24)19-5-3-4-10-22-19;;;/h3-10,18H,2,11-15,21H2,1H3,(H,23,26);3*1H/t18-;;;/m0.../s1. The van der Waals surface area contributed by atoms with Gasteiger partial charge in [-0.05, 0) is 36.2 Å². The van der Waals surface area contributed by atoms with Crippen LogP contribution < -0.4 is 16.0 Å². The Bertz CT molecular complexity index is 710. The van der Waals surface area contributed by atoms with Crippen LogP contribution in [0.15, 0.2) is 48.7 Å². The fraction of sp³-hybridized carbons (Fsp3) is 0.400. The van der Waals surface area contributed by atoms with Gasteiger partial charge in [0, 0.05) is 44.6 Å². The Labute approximate surface area is 191 Å². The van der Waals surface area contributed by atoms with Gasteiger partial charge in [0.05, 0.1) is 6.04 Å². The summed E-state index contributed by atoms with van der Waals surface area (Å²) in [6.45, 7) is 6.82. The van der Waals surface area contributed by atoms with Gasteiger partial charge < -0.3 is 16.0 Å². The first-order valence-electron chi connectivity index (χ1n) is 9.19. The molecular formula is C20H30Cl3N5O. The maximum Gasteiger partial charge on any atom is 0.241 e. The number of amides is 1. The van der Waals surface area contributed by atoms with Crippen molar-refractivity contribution in [1.82, 2.24) is 9.88 Å². The van der Waals surface area contributed by atoms with Crippen LogP contribution in [-0.2, 0) is 11.3 Å². The second-order valence-electron chi connectivity index (χ2n) is 6.65. The van der Waals surface area contributed by atoms with Crippen molar-refractivity contribution in [3.05, 3.63) is 54.2 Å². The van der Waals surface area contributed by atoms with Gasteiger partial charge in [0.15, 0.2) is 0 Å². The Morgan fingerprint density at radius 3 is 2.28 bits per heavy atom. The predicted molar refractivity (Wildman–Crippen MR) is 127 cm³/mol. The molecule has 1 aromatic heterocycles. The Hall–Kier alpha value is -1.57. The number of pyridine rings is 1. The van der Waals surface area contributed by atoms with E-state index >= 15 is 0 Å². The average molecular weight is 463 g/mol. The summed E-state index contributed by atoms with van der Waals surface area (Å²) in [4.78, 5) is 21.0. The summed E-state index contributed by atoms with van der Waals surface area (Å²) >= 11 is 0. The largest absolute Gasteiger partial charge is 0.354 e. The zero-order valence-corrected chi connectivity index (χ0v) is 18.9. The number of halogens is 3. The number of rotatable bonds is 6. The monoisotopic (exact) mass is 461 g/mol. The summed E-state index contributed by atoms with van der Waals surface area (Å²) in [5.74, 6) is 0.920. The fourth-order valence-electron chi connectivity index (χ4n) is 3.05. The molecule has 1 aromatic carbocycles. The van der Waals surface area contributed by atoms with Gasteiger partial charge in [-0.15, -0.1) is 37.2 Å². The van der Waals surface area contributed by atoms with Crippen LogP contribution in [-0.4, -0.2) is 48.0 Å². The Balaban J connectivity index is 0.00000261. The van der Waals surface area contributed by atoms with E-state index in [1.165, 1.54) is 5.56 Å². The smallest absolute Gasteiger partial charge is 0.241 e. The number of aromatic nitrogens is 1. The molecule has 0 bridgehead atoms. The maximum absolute atomic E-state index is 11.8. The van der Waals surface area contributed by atoms with Gasteiger partial charge in [0.2, 0.25) is 5.91 Å². The maximum atomic E-state index is 11.8. The van der Waals surface area contributed by atoms with Gasteiger partial charge in [0.25, 0.3) is 0 Å². The van der Waals surface area contributed by atoms with Crippen LogP contribution in [0.1, 0.15) is 18.9 Å². The molecule has 0 spiro atoms. The van der Waals surface area contributed by atoms with Crippen molar-refractivity contribution in [1.29, 1.82) is 0 Å². The van der Waals surface area contributed by atoms with Crippen molar-refractivity contribution in [2.75, 3.05) is 36.4 Å². The molecule has 0 radical (unpaired) electrons. The number of carbonyl (C=O) groups is 1. The van der Waals surface area contributed by atoms with Gasteiger partial charge in [-0.2, -0.15) is 0 Å². The first-order chi connectivity index (χ1) is 12.7. The number of carbonyl (C=O) groups excluding carboxylic acids is 1. The van der Waals surface area contributed by atoms with E-state index in [1.54, 1.807) is 0 Å². The number of piperazine rings is 1. The molecule has 6 nitrogen and oxygen atoms in total. The predicted octanol–water partition coefficient (Wildman–Crippen LogP) is 3.35. The summed E-state index contributed by atoms with van der Waals surface area (Å²) < 4.78 is 0. The number of hydrogen-bond acceptors (Lipinski definition) is 5. The summed E-state index contributed by atoms with van der Waals surface area (Å²) in [6.07, 6.45) is 2.48. The highest BCUT2D eigenvalue weighted by Crippen LogP contribution is 2.16. The Morgan fingerprint density at radius 1 is 1.07 bits per heavy atom. The quantitative estimate of drug-likeness (QED) is 0.688. The van der Waals surface area contributed by atoms with Crippen molar-refractivity contribution in [2.24, 2.45) is 5.73 Å². The molecule has 1 saturated heterocycles. The van der Waals surface area contributed by atoms with Crippen LogP contribution in [0.3, 0.4) is 0 Å². The fourth-order valence-corrected chi connectivity index (χ4v) is 3.05. The third-order valence-electron chi connectivity index (χ3n) is 4.75. The highest BCUT2D eigenvalue weighted by atomic mass is 35.5.